The highest BCUT2D eigenvalue weighted by Gasteiger charge is 2.49. The molecule has 0 N–H and O–H groups in total. The zero-order valence-corrected chi connectivity index (χ0v) is 31.0. The number of benzene rings is 6. The van der Waals surface area contributed by atoms with Gasteiger partial charge in [-0.1, -0.05) is 134 Å². The Hall–Kier alpha value is -7.00. The zero-order chi connectivity index (χ0) is 38.9. The molecule has 0 atom stereocenters. The normalized spacial score (nSPS) is 14.4. The predicted octanol–water partition coefficient (Wildman–Crippen LogP) is 9.77. The molecule has 0 bridgehead atoms. The average molecular weight is 747 g/mol. The standard InChI is InChI=1S/C47H38O9/c1-5-26-50-37-27-31(29-39-41(37)54-46(52-39,33-18-10-6-11-19-33)34-20-12-7-13-21-34)43(48)51-38-28-32(44(49)56-45(2,3)4)30-40-42(38)55-47(53-40,35-22-14-8-15-23-35)36-24-16-9-17-25-36/h5-25,27-30H,1,26H2,2-4H3. The molecular formula is C47H38O9. The molecule has 56 heavy (non-hydrogen) atoms. The Bertz CT molecular complexity index is 2330. The molecule has 8 rings (SSSR count). The minimum atomic E-state index is -1.47. The van der Waals surface area contributed by atoms with Gasteiger partial charge in [0.1, 0.15) is 12.2 Å². The van der Waals surface area contributed by atoms with Crippen LogP contribution < -0.4 is 28.4 Å². The fraction of sp³-hybridized carbons (Fsp3) is 0.149. The molecule has 0 aromatic heterocycles. The summed E-state index contributed by atoms with van der Waals surface area (Å²) in [4.78, 5) is 27.9. The summed E-state index contributed by atoms with van der Waals surface area (Å²) < 4.78 is 44.7. The number of hydrogen-bond donors (Lipinski definition) is 0. The molecule has 280 valence electrons. The van der Waals surface area contributed by atoms with Crippen molar-refractivity contribution in [3.8, 4) is 34.5 Å². The van der Waals surface area contributed by atoms with E-state index in [1.54, 1.807) is 32.9 Å². The summed E-state index contributed by atoms with van der Waals surface area (Å²) in [6, 6.07) is 43.8. The van der Waals surface area contributed by atoms with E-state index in [1.165, 1.54) is 18.2 Å². The van der Waals surface area contributed by atoms with Crippen LogP contribution in [0.25, 0.3) is 0 Å². The van der Waals surface area contributed by atoms with Gasteiger partial charge in [0.05, 0.1) is 11.1 Å². The molecule has 0 spiro atoms. The summed E-state index contributed by atoms with van der Waals surface area (Å²) >= 11 is 0. The van der Waals surface area contributed by atoms with E-state index in [0.717, 1.165) is 11.1 Å². The van der Waals surface area contributed by atoms with Crippen molar-refractivity contribution in [2.45, 2.75) is 37.9 Å². The van der Waals surface area contributed by atoms with Crippen molar-refractivity contribution in [1.82, 2.24) is 0 Å². The van der Waals surface area contributed by atoms with Crippen LogP contribution in [0.3, 0.4) is 0 Å². The third kappa shape index (κ3) is 6.68. The van der Waals surface area contributed by atoms with Crippen LogP contribution in [0.2, 0.25) is 0 Å². The Kier molecular flexibility index (Phi) is 9.22. The van der Waals surface area contributed by atoms with Gasteiger partial charge in [-0.3, -0.25) is 0 Å². The first-order valence-electron chi connectivity index (χ1n) is 18.1. The summed E-state index contributed by atoms with van der Waals surface area (Å²) in [5.41, 5.74) is 2.19. The molecular weight excluding hydrogens is 709 g/mol. The van der Waals surface area contributed by atoms with E-state index in [0.29, 0.717) is 16.9 Å². The smallest absolute Gasteiger partial charge is 0.343 e. The monoisotopic (exact) mass is 746 g/mol. The Balaban J connectivity index is 1.21. The molecule has 0 unspecified atom stereocenters. The molecule has 6 aromatic rings. The van der Waals surface area contributed by atoms with Gasteiger partial charge in [-0.2, -0.15) is 0 Å². The molecule has 2 aliphatic rings. The molecule has 0 amide bonds. The van der Waals surface area contributed by atoms with Crippen molar-refractivity contribution >= 4 is 11.9 Å². The lowest BCUT2D eigenvalue weighted by Crippen LogP contribution is -2.36. The molecule has 0 saturated heterocycles. The molecule has 9 heteroatoms. The number of ether oxygens (including phenoxy) is 7. The average Bonchev–Trinajstić information content (AvgIpc) is 3.82. The molecule has 0 saturated carbocycles. The second-order valence-electron chi connectivity index (χ2n) is 14.2. The molecule has 2 heterocycles. The van der Waals surface area contributed by atoms with E-state index < -0.39 is 29.1 Å². The van der Waals surface area contributed by atoms with E-state index in [1.807, 2.05) is 121 Å². The van der Waals surface area contributed by atoms with Crippen LogP contribution in [-0.2, 0) is 16.3 Å². The highest BCUT2D eigenvalue weighted by molar-refractivity contribution is 5.95. The maximum Gasteiger partial charge on any atom is 0.343 e. The van der Waals surface area contributed by atoms with Crippen LogP contribution in [0, 0.1) is 0 Å². The van der Waals surface area contributed by atoms with Gasteiger partial charge in [0, 0.05) is 22.3 Å². The van der Waals surface area contributed by atoms with Gasteiger partial charge in [0.2, 0.25) is 11.5 Å². The summed E-state index contributed by atoms with van der Waals surface area (Å²) in [5, 5.41) is 0. The van der Waals surface area contributed by atoms with E-state index in [2.05, 4.69) is 6.58 Å². The Labute approximate surface area is 324 Å². The highest BCUT2D eigenvalue weighted by Crippen LogP contribution is 2.54. The minimum absolute atomic E-state index is 0.0590. The SMILES string of the molecule is C=CCOc1cc(C(=O)Oc2cc(C(=O)OC(C)(C)C)cc3c2OC(c2ccccc2)(c2ccccc2)O3)cc2c1OC(c1ccccc1)(c1ccccc1)O2. The van der Waals surface area contributed by atoms with Crippen LogP contribution in [0.5, 0.6) is 34.5 Å². The third-order valence-electron chi connectivity index (χ3n) is 9.09. The largest absolute Gasteiger partial charge is 0.485 e. The summed E-state index contributed by atoms with van der Waals surface area (Å²) in [5.74, 6) is -3.25. The van der Waals surface area contributed by atoms with Crippen molar-refractivity contribution in [1.29, 1.82) is 0 Å². The van der Waals surface area contributed by atoms with Gasteiger partial charge < -0.3 is 33.2 Å². The van der Waals surface area contributed by atoms with Crippen molar-refractivity contribution in [3.63, 3.8) is 0 Å². The Morgan fingerprint density at radius 1 is 0.571 bits per heavy atom. The second-order valence-corrected chi connectivity index (χ2v) is 14.2. The van der Waals surface area contributed by atoms with Crippen LogP contribution in [0.15, 0.2) is 158 Å². The quantitative estimate of drug-likeness (QED) is 0.0771. The third-order valence-corrected chi connectivity index (χ3v) is 9.09. The maximum absolute atomic E-state index is 14.3. The fourth-order valence-electron chi connectivity index (χ4n) is 6.64. The molecule has 0 fully saturated rings. The Morgan fingerprint density at radius 3 is 1.38 bits per heavy atom. The lowest BCUT2D eigenvalue weighted by Gasteiger charge is -2.28. The number of carbonyl (C=O) groups excluding carboxylic acids is 2. The zero-order valence-electron chi connectivity index (χ0n) is 31.0. The first kappa shape index (κ1) is 36.0. The molecule has 6 aromatic carbocycles. The van der Waals surface area contributed by atoms with Crippen molar-refractivity contribution in [3.05, 3.63) is 192 Å². The first-order valence-corrected chi connectivity index (χ1v) is 18.1. The van der Waals surface area contributed by atoms with Gasteiger partial charge in [-0.25, -0.2) is 9.59 Å². The molecule has 0 radical (unpaired) electrons. The van der Waals surface area contributed by atoms with Crippen molar-refractivity contribution in [2.24, 2.45) is 0 Å². The fourth-order valence-corrected chi connectivity index (χ4v) is 6.64. The van der Waals surface area contributed by atoms with E-state index >= 15 is 0 Å². The molecule has 0 aliphatic carbocycles. The lowest BCUT2D eigenvalue weighted by molar-refractivity contribution is -0.0469. The summed E-state index contributed by atoms with van der Waals surface area (Å²) in [6.07, 6.45) is 1.59. The Morgan fingerprint density at radius 2 is 0.964 bits per heavy atom. The molecule has 2 aliphatic heterocycles. The number of esters is 2. The molecule has 9 nitrogen and oxygen atoms in total. The second kappa shape index (κ2) is 14.3. The summed E-state index contributed by atoms with van der Waals surface area (Å²) in [7, 11) is 0. The van der Waals surface area contributed by atoms with E-state index in [9.17, 15) is 9.59 Å². The first-order chi connectivity index (χ1) is 27.1. The number of hydrogen-bond acceptors (Lipinski definition) is 9. The van der Waals surface area contributed by atoms with Gasteiger partial charge >= 0.3 is 23.5 Å². The number of rotatable bonds is 10. The van der Waals surface area contributed by atoms with Gasteiger partial charge in [-0.05, 0) is 45.0 Å². The van der Waals surface area contributed by atoms with Gasteiger partial charge in [0.15, 0.2) is 23.0 Å². The highest BCUT2D eigenvalue weighted by atomic mass is 16.7. The summed E-state index contributed by atoms with van der Waals surface area (Å²) in [6.45, 7) is 9.21. The maximum atomic E-state index is 14.3. The predicted molar refractivity (Wildman–Crippen MR) is 209 cm³/mol. The van der Waals surface area contributed by atoms with Gasteiger partial charge in [0.25, 0.3) is 0 Å². The van der Waals surface area contributed by atoms with Crippen LogP contribution in [0.1, 0.15) is 63.7 Å². The number of fused-ring (bicyclic) bond motifs is 2. The van der Waals surface area contributed by atoms with Crippen LogP contribution in [-0.4, -0.2) is 24.1 Å². The lowest BCUT2D eigenvalue weighted by atomic mass is 9.97. The number of carbonyl (C=O) groups is 2. The topological polar surface area (TPSA) is 98.8 Å². The van der Waals surface area contributed by atoms with Crippen molar-refractivity contribution in [2.75, 3.05) is 6.61 Å². The van der Waals surface area contributed by atoms with Crippen LogP contribution in [0.4, 0.5) is 0 Å². The van der Waals surface area contributed by atoms with Gasteiger partial charge in [-0.15, -0.1) is 0 Å². The van der Waals surface area contributed by atoms with Crippen molar-refractivity contribution < 1.29 is 42.7 Å². The van der Waals surface area contributed by atoms with E-state index in [-0.39, 0.29) is 46.5 Å². The van der Waals surface area contributed by atoms with Crippen LogP contribution >= 0.6 is 0 Å². The van der Waals surface area contributed by atoms with E-state index in [4.69, 9.17) is 33.2 Å². The minimum Gasteiger partial charge on any atom is -0.485 e.